The molecule has 0 N–H and O–H groups in total. The van der Waals surface area contributed by atoms with Gasteiger partial charge in [0.25, 0.3) is 11.8 Å². The number of aryl methyl sites for hydroxylation is 3. The van der Waals surface area contributed by atoms with Crippen LogP contribution in [0.3, 0.4) is 0 Å². The van der Waals surface area contributed by atoms with Crippen molar-refractivity contribution in [1.82, 2.24) is 5.06 Å². The molecule has 0 aliphatic carbocycles. The van der Waals surface area contributed by atoms with Crippen LogP contribution in [0.1, 0.15) is 48.0 Å². The van der Waals surface area contributed by atoms with Crippen LogP contribution in [0.4, 0.5) is 0 Å². The number of carbonyl (C=O) groups is 3. The van der Waals surface area contributed by atoms with Gasteiger partial charge in [0.05, 0.1) is 11.1 Å². The normalized spacial score (nSPS) is 13.4. The molecule has 3 aromatic rings. The second-order valence-electron chi connectivity index (χ2n) is 6.29. The minimum atomic E-state index is -0.882. The zero-order valence-electron chi connectivity index (χ0n) is 14.5. The van der Waals surface area contributed by atoms with Crippen molar-refractivity contribution in [2.24, 2.45) is 0 Å². The maximum atomic E-state index is 12.6. The minimum absolute atomic E-state index is 0.0195. The molecule has 0 radical (unpaired) electrons. The van der Waals surface area contributed by atoms with E-state index < -0.39 is 17.8 Å². The first-order valence-corrected chi connectivity index (χ1v) is 8.09. The monoisotopic (exact) mass is 349 g/mol. The summed E-state index contributed by atoms with van der Waals surface area (Å²) in [6.45, 7) is 5.55. The number of carbonyl (C=O) groups excluding carboxylic acids is 3. The number of benzene rings is 2. The summed E-state index contributed by atoms with van der Waals surface area (Å²) in [5.41, 5.74) is 3.47. The Bertz CT molecular complexity index is 1070. The van der Waals surface area contributed by atoms with Crippen LogP contribution >= 0.6 is 0 Å². The molecule has 0 atom stereocenters. The molecule has 6 heteroatoms. The first-order valence-electron chi connectivity index (χ1n) is 8.09. The molecule has 0 bridgehead atoms. The molecule has 0 saturated carbocycles. The fraction of sp³-hybridized carbons (Fsp3) is 0.150. The van der Waals surface area contributed by atoms with Gasteiger partial charge in [0.2, 0.25) is 5.76 Å². The molecule has 130 valence electrons. The lowest BCUT2D eigenvalue weighted by Gasteiger charge is -2.11. The van der Waals surface area contributed by atoms with E-state index in [0.717, 1.165) is 16.5 Å². The smallest absolute Gasteiger partial charge is 0.399 e. The Morgan fingerprint density at radius 1 is 0.923 bits per heavy atom. The molecule has 2 amide bonds. The van der Waals surface area contributed by atoms with E-state index in [1.54, 1.807) is 19.1 Å². The molecule has 1 aromatic heterocycles. The molecule has 26 heavy (non-hydrogen) atoms. The predicted octanol–water partition coefficient (Wildman–Crippen LogP) is 3.73. The lowest BCUT2D eigenvalue weighted by Crippen LogP contribution is -2.32. The molecule has 0 spiro atoms. The first kappa shape index (κ1) is 16.1. The number of furan rings is 1. The van der Waals surface area contributed by atoms with Crippen molar-refractivity contribution in [2.75, 3.05) is 0 Å². The highest BCUT2D eigenvalue weighted by Crippen LogP contribution is 2.32. The van der Waals surface area contributed by atoms with Gasteiger partial charge in [-0.15, -0.1) is 0 Å². The van der Waals surface area contributed by atoms with Gasteiger partial charge in [-0.3, -0.25) is 9.59 Å². The molecule has 2 heterocycles. The summed E-state index contributed by atoms with van der Waals surface area (Å²) < 4.78 is 5.71. The van der Waals surface area contributed by atoms with Crippen LogP contribution < -0.4 is 0 Å². The SMILES string of the molecule is Cc1ccc(C)c2c(C)c(C(=O)ON3C(=O)c4ccccc4C3=O)oc12. The van der Waals surface area contributed by atoms with Crippen molar-refractivity contribution in [2.45, 2.75) is 20.8 Å². The fourth-order valence-corrected chi connectivity index (χ4v) is 3.24. The molecule has 6 nitrogen and oxygen atoms in total. The lowest BCUT2D eigenvalue weighted by atomic mass is 10.0. The standard InChI is InChI=1S/C20H15NO5/c1-10-8-9-11(2)16-15(10)12(3)17(25-16)20(24)26-21-18(22)13-6-4-5-7-14(13)19(21)23/h4-9H,1-3H3. The summed E-state index contributed by atoms with van der Waals surface area (Å²) in [6.07, 6.45) is 0. The zero-order valence-corrected chi connectivity index (χ0v) is 14.5. The van der Waals surface area contributed by atoms with Crippen LogP contribution in [-0.2, 0) is 4.84 Å². The summed E-state index contributed by atoms with van der Waals surface area (Å²) in [4.78, 5) is 42.4. The quantitative estimate of drug-likeness (QED) is 0.659. The molecule has 0 unspecified atom stereocenters. The van der Waals surface area contributed by atoms with E-state index in [0.29, 0.717) is 16.2 Å². The Kier molecular flexibility index (Phi) is 3.44. The number of fused-ring (bicyclic) bond motifs is 2. The van der Waals surface area contributed by atoms with Crippen LogP contribution in [0.2, 0.25) is 0 Å². The van der Waals surface area contributed by atoms with Gasteiger partial charge in [-0.1, -0.05) is 29.3 Å². The third kappa shape index (κ3) is 2.15. The molecule has 1 aliphatic heterocycles. The minimum Gasteiger partial charge on any atom is -0.448 e. The van der Waals surface area contributed by atoms with E-state index in [2.05, 4.69) is 0 Å². The Morgan fingerprint density at radius 2 is 1.50 bits per heavy atom. The van der Waals surface area contributed by atoms with E-state index in [4.69, 9.17) is 9.25 Å². The number of imide groups is 1. The van der Waals surface area contributed by atoms with Gasteiger partial charge >= 0.3 is 5.97 Å². The number of amides is 2. The average molecular weight is 349 g/mol. The number of hydroxylamine groups is 2. The Labute approximate surface area is 148 Å². The van der Waals surface area contributed by atoms with Gasteiger partial charge in [-0.2, -0.15) is 0 Å². The van der Waals surface area contributed by atoms with Crippen LogP contribution in [0, 0.1) is 20.8 Å². The van der Waals surface area contributed by atoms with E-state index in [1.165, 1.54) is 12.1 Å². The summed E-state index contributed by atoms with van der Waals surface area (Å²) in [7, 11) is 0. The molecule has 1 aliphatic rings. The van der Waals surface area contributed by atoms with E-state index in [-0.39, 0.29) is 16.9 Å². The molecular weight excluding hydrogens is 334 g/mol. The Hall–Kier alpha value is -3.41. The molecule has 2 aromatic carbocycles. The van der Waals surface area contributed by atoms with E-state index in [9.17, 15) is 14.4 Å². The highest BCUT2D eigenvalue weighted by molar-refractivity contribution is 6.21. The maximum absolute atomic E-state index is 12.6. The third-order valence-electron chi connectivity index (χ3n) is 4.60. The van der Waals surface area contributed by atoms with Gasteiger partial charge < -0.3 is 9.25 Å². The van der Waals surface area contributed by atoms with Crippen molar-refractivity contribution >= 4 is 28.8 Å². The second-order valence-corrected chi connectivity index (χ2v) is 6.29. The van der Waals surface area contributed by atoms with E-state index >= 15 is 0 Å². The second kappa shape index (κ2) is 5.56. The topological polar surface area (TPSA) is 76.8 Å². The molecule has 0 fully saturated rings. The number of nitrogens with zero attached hydrogens (tertiary/aromatic N) is 1. The molecular formula is C20H15NO5. The lowest BCUT2D eigenvalue weighted by molar-refractivity contribution is -0.0602. The van der Waals surface area contributed by atoms with Crippen molar-refractivity contribution in [3.05, 3.63) is 70.0 Å². The molecule has 4 rings (SSSR count). The maximum Gasteiger partial charge on any atom is 0.399 e. The van der Waals surface area contributed by atoms with Gasteiger partial charge in [0.15, 0.2) is 0 Å². The summed E-state index contributed by atoms with van der Waals surface area (Å²) in [6, 6.07) is 10.2. The Balaban J connectivity index is 1.70. The van der Waals surface area contributed by atoms with Crippen LogP contribution in [0.25, 0.3) is 11.0 Å². The van der Waals surface area contributed by atoms with Crippen molar-refractivity contribution < 1.29 is 23.6 Å². The summed E-state index contributed by atoms with van der Waals surface area (Å²) >= 11 is 0. The highest BCUT2D eigenvalue weighted by Gasteiger charge is 2.39. The van der Waals surface area contributed by atoms with Gasteiger partial charge in [0.1, 0.15) is 5.58 Å². The van der Waals surface area contributed by atoms with Crippen LogP contribution in [-0.4, -0.2) is 22.8 Å². The zero-order chi connectivity index (χ0) is 18.6. The predicted molar refractivity (Wildman–Crippen MR) is 92.8 cm³/mol. The van der Waals surface area contributed by atoms with E-state index in [1.807, 2.05) is 26.0 Å². The van der Waals surface area contributed by atoms with Gasteiger partial charge in [-0.05, 0) is 44.0 Å². The number of rotatable bonds is 2. The number of hydrogen-bond acceptors (Lipinski definition) is 5. The fourth-order valence-electron chi connectivity index (χ4n) is 3.24. The highest BCUT2D eigenvalue weighted by atomic mass is 16.7. The third-order valence-corrected chi connectivity index (χ3v) is 4.60. The number of hydrogen-bond donors (Lipinski definition) is 0. The Morgan fingerprint density at radius 3 is 2.08 bits per heavy atom. The first-order chi connectivity index (χ1) is 12.4. The van der Waals surface area contributed by atoms with Gasteiger partial charge in [0, 0.05) is 10.9 Å². The van der Waals surface area contributed by atoms with Crippen molar-refractivity contribution in [1.29, 1.82) is 0 Å². The average Bonchev–Trinajstić information content (AvgIpc) is 3.10. The molecule has 0 saturated heterocycles. The largest absolute Gasteiger partial charge is 0.448 e. The summed E-state index contributed by atoms with van der Waals surface area (Å²) in [5, 5.41) is 1.32. The van der Waals surface area contributed by atoms with Crippen molar-refractivity contribution in [3.8, 4) is 0 Å². The van der Waals surface area contributed by atoms with Crippen LogP contribution in [0.15, 0.2) is 40.8 Å². The van der Waals surface area contributed by atoms with Crippen molar-refractivity contribution in [3.63, 3.8) is 0 Å². The van der Waals surface area contributed by atoms with Gasteiger partial charge in [-0.25, -0.2) is 4.79 Å². The summed E-state index contributed by atoms with van der Waals surface area (Å²) in [5.74, 6) is -2.24. The van der Waals surface area contributed by atoms with Crippen LogP contribution in [0.5, 0.6) is 0 Å².